The molecule has 388 valence electrons. The minimum Gasteiger partial charge on any atom is -0.481 e. The van der Waals surface area contributed by atoms with E-state index in [1.165, 1.54) is 21.6 Å². The van der Waals surface area contributed by atoms with Crippen LogP contribution in [0.1, 0.15) is 62.5 Å². The maximum absolute atomic E-state index is 14.1. The molecule has 0 unspecified atom stereocenters. The van der Waals surface area contributed by atoms with Gasteiger partial charge in [0.25, 0.3) is 6.47 Å². The summed E-state index contributed by atoms with van der Waals surface area (Å²) in [5, 5.41) is 51.5. The lowest BCUT2D eigenvalue weighted by atomic mass is 9.89. The SMILES string of the molecule is CSSC[C@H](CC(=O)[C@H](CC(=O)O)NC(=O)[C@@H](N)CNC(=O)[C@@H](CC(=O)[C@H](Cc1ccccc1)NC(=O)CCNC(=O)CC[C@H](NC(=O)N[C@@H](CCC(=O)O)OC=O)C(=O)O)Cc1ccccc1)C(=O)O. The van der Waals surface area contributed by atoms with Crippen LogP contribution in [0.25, 0.3) is 0 Å². The first kappa shape index (κ1) is 60.1. The molecule has 0 aliphatic carbocycles. The fraction of sp³-hybridized carbons (Fsp3) is 0.467. The molecule has 0 spiro atoms. The summed E-state index contributed by atoms with van der Waals surface area (Å²) in [4.78, 5) is 149. The Hall–Kier alpha value is -7.06. The maximum atomic E-state index is 14.1. The van der Waals surface area contributed by atoms with Crippen LogP contribution in [-0.4, -0.2) is 147 Å². The number of nitrogens with two attached hydrogens (primary N) is 1. The summed E-state index contributed by atoms with van der Waals surface area (Å²) in [6.07, 6.45) is -3.45. The Bertz CT molecular complexity index is 2160. The van der Waals surface area contributed by atoms with Gasteiger partial charge in [0.1, 0.15) is 12.1 Å². The number of nitrogens with one attached hydrogen (secondary N) is 6. The van der Waals surface area contributed by atoms with Crippen LogP contribution in [0.5, 0.6) is 0 Å². The topological polar surface area (TPSA) is 393 Å². The van der Waals surface area contributed by atoms with Crippen molar-refractivity contribution in [2.75, 3.05) is 25.1 Å². The van der Waals surface area contributed by atoms with Crippen molar-refractivity contribution in [3.05, 3.63) is 71.8 Å². The molecule has 71 heavy (non-hydrogen) atoms. The number of carboxylic acid groups (broad SMARTS) is 4. The van der Waals surface area contributed by atoms with E-state index in [1.807, 2.05) is 0 Å². The lowest BCUT2D eigenvalue weighted by molar-refractivity contribution is -0.144. The quantitative estimate of drug-likeness (QED) is 0.0243. The van der Waals surface area contributed by atoms with Crippen molar-refractivity contribution in [1.82, 2.24) is 31.9 Å². The number of ether oxygens (including phenoxy) is 1. The monoisotopic (exact) mass is 1030 g/mol. The molecule has 6 amide bonds. The molecule has 0 aromatic heterocycles. The second-order valence-electron chi connectivity index (χ2n) is 15.8. The van der Waals surface area contributed by atoms with Gasteiger partial charge in [0.05, 0.1) is 30.8 Å². The fourth-order valence-electron chi connectivity index (χ4n) is 6.58. The van der Waals surface area contributed by atoms with Crippen molar-refractivity contribution in [3.8, 4) is 0 Å². The number of hydrogen-bond donors (Lipinski definition) is 11. The van der Waals surface area contributed by atoms with Crippen molar-refractivity contribution in [2.45, 2.75) is 94.6 Å². The standard InChI is InChI=1S/C45H59N7O17S2/c1-70-71-24-29(43(64)65)21-35(55)33(22-40(60)61)50-42(63)30(46)23-48-41(62)28(18-26-8-4-2-5-9-26)20-34(54)32(19-27-10-6-3-7-11-27)49-37(57)16-17-47-36(56)13-12-31(44(66)67)51-45(68)52-38(69-25-53)14-15-39(58)59/h2-11,25,28-33,38H,12-24,46H2,1H3,(H,47,56)(H,48,62)(H,49,57)(H,50,63)(H,58,59)(H,60,61)(H,64,65)(H,66,67)(H2,51,52,68)/t28-,29+,30+,31+,32+,33+,38-/m1/s1. The Morgan fingerprint density at radius 2 is 1.23 bits per heavy atom. The summed E-state index contributed by atoms with van der Waals surface area (Å²) in [5.74, 6) is -12.2. The smallest absolute Gasteiger partial charge is 0.326 e. The molecule has 0 aliphatic heterocycles. The zero-order valence-corrected chi connectivity index (χ0v) is 40.2. The van der Waals surface area contributed by atoms with Crippen molar-refractivity contribution in [2.24, 2.45) is 17.6 Å². The summed E-state index contributed by atoms with van der Waals surface area (Å²) >= 11 is 0. The number of aliphatic carboxylic acids is 4. The summed E-state index contributed by atoms with van der Waals surface area (Å²) in [5.41, 5.74) is 7.38. The molecule has 0 fully saturated rings. The summed E-state index contributed by atoms with van der Waals surface area (Å²) in [6, 6.07) is 10.2. The fourth-order valence-corrected chi connectivity index (χ4v) is 8.04. The average Bonchev–Trinajstić information content (AvgIpc) is 3.32. The van der Waals surface area contributed by atoms with Gasteiger partial charge in [0, 0.05) is 56.9 Å². The largest absolute Gasteiger partial charge is 0.481 e. The Kier molecular flexibility index (Phi) is 27.7. The highest BCUT2D eigenvalue weighted by atomic mass is 33.1. The number of carboxylic acids is 4. The van der Waals surface area contributed by atoms with Crippen LogP contribution in [0.2, 0.25) is 0 Å². The van der Waals surface area contributed by atoms with Gasteiger partial charge >= 0.3 is 29.9 Å². The molecule has 0 radical (unpaired) electrons. The number of ketones is 2. The molecule has 12 N–H and O–H groups in total. The molecule has 2 aromatic carbocycles. The lowest BCUT2D eigenvalue weighted by Crippen LogP contribution is -2.53. The number of rotatable bonds is 36. The lowest BCUT2D eigenvalue weighted by Gasteiger charge is -2.23. The Morgan fingerprint density at radius 3 is 1.79 bits per heavy atom. The zero-order chi connectivity index (χ0) is 52.9. The summed E-state index contributed by atoms with van der Waals surface area (Å²) in [6.45, 7) is -0.802. The molecular weight excluding hydrogens is 975 g/mol. The molecule has 26 heteroatoms. The molecule has 0 saturated heterocycles. The number of hydrogen-bond acceptors (Lipinski definition) is 16. The minimum absolute atomic E-state index is 0.00106. The van der Waals surface area contributed by atoms with E-state index < -0.39 is 152 Å². The third-order valence-electron chi connectivity index (χ3n) is 10.3. The van der Waals surface area contributed by atoms with Crippen LogP contribution in [0, 0.1) is 11.8 Å². The van der Waals surface area contributed by atoms with Gasteiger partial charge in [-0.15, -0.1) is 0 Å². The highest BCUT2D eigenvalue weighted by Gasteiger charge is 2.32. The number of carbonyl (C=O) groups excluding carboxylic acids is 8. The Labute approximate surface area is 415 Å². The third kappa shape index (κ3) is 24.9. The van der Waals surface area contributed by atoms with Gasteiger partial charge in [-0.25, -0.2) is 9.59 Å². The van der Waals surface area contributed by atoms with Crippen molar-refractivity contribution < 1.29 is 82.7 Å². The molecule has 0 aliphatic rings. The highest BCUT2D eigenvalue weighted by molar-refractivity contribution is 8.76. The van der Waals surface area contributed by atoms with Crippen LogP contribution in [0.3, 0.4) is 0 Å². The number of Topliss-reactive ketones (excluding diaryl/α,β-unsaturated/α-hetero) is 2. The zero-order valence-electron chi connectivity index (χ0n) is 38.6. The van der Waals surface area contributed by atoms with Gasteiger partial charge in [0.15, 0.2) is 17.8 Å². The molecule has 7 atom stereocenters. The van der Waals surface area contributed by atoms with Crippen molar-refractivity contribution in [3.63, 3.8) is 0 Å². The highest BCUT2D eigenvalue weighted by Crippen LogP contribution is 2.23. The summed E-state index contributed by atoms with van der Waals surface area (Å²) < 4.78 is 4.60. The van der Waals surface area contributed by atoms with Gasteiger partial charge in [-0.3, -0.25) is 47.9 Å². The van der Waals surface area contributed by atoms with E-state index >= 15 is 0 Å². The minimum atomic E-state index is -1.62. The normalized spacial score (nSPS) is 13.7. The van der Waals surface area contributed by atoms with Crippen LogP contribution in [0.15, 0.2) is 60.7 Å². The predicted molar refractivity (Wildman–Crippen MR) is 255 cm³/mol. The molecular formula is C45H59N7O17S2. The summed E-state index contributed by atoms with van der Waals surface area (Å²) in [7, 11) is 2.47. The van der Waals surface area contributed by atoms with Crippen LogP contribution < -0.4 is 37.6 Å². The van der Waals surface area contributed by atoms with Gasteiger partial charge in [-0.05, 0) is 36.6 Å². The molecule has 0 bridgehead atoms. The number of amides is 6. The number of benzene rings is 2. The third-order valence-corrected chi connectivity index (χ3v) is 12.2. The van der Waals surface area contributed by atoms with Crippen molar-refractivity contribution >= 4 is 93.2 Å². The van der Waals surface area contributed by atoms with Crippen LogP contribution in [0.4, 0.5) is 4.79 Å². The molecule has 2 aromatic rings. The van der Waals surface area contributed by atoms with E-state index in [4.69, 9.17) is 10.8 Å². The molecule has 2 rings (SSSR count). The Morgan fingerprint density at radius 1 is 0.620 bits per heavy atom. The molecule has 24 nitrogen and oxygen atoms in total. The second kappa shape index (κ2) is 32.7. The Balaban J connectivity index is 2.12. The first-order chi connectivity index (χ1) is 33.7. The first-order valence-electron chi connectivity index (χ1n) is 22.0. The van der Waals surface area contributed by atoms with E-state index in [-0.39, 0.29) is 44.5 Å². The van der Waals surface area contributed by atoms with E-state index in [0.717, 1.165) is 0 Å². The van der Waals surface area contributed by atoms with Crippen LogP contribution >= 0.6 is 21.6 Å². The van der Waals surface area contributed by atoms with E-state index in [1.54, 1.807) is 66.9 Å². The van der Waals surface area contributed by atoms with E-state index in [9.17, 15) is 72.9 Å². The maximum Gasteiger partial charge on any atom is 0.326 e. The average molecular weight is 1030 g/mol. The van der Waals surface area contributed by atoms with Crippen molar-refractivity contribution in [1.29, 1.82) is 0 Å². The number of urea groups is 1. The van der Waals surface area contributed by atoms with Crippen LogP contribution in [-0.2, 0) is 70.3 Å². The van der Waals surface area contributed by atoms with E-state index in [2.05, 4.69) is 36.6 Å². The predicted octanol–water partition coefficient (Wildman–Crippen LogP) is 0.00900. The van der Waals surface area contributed by atoms with Gasteiger partial charge in [-0.2, -0.15) is 0 Å². The van der Waals surface area contributed by atoms with Gasteiger partial charge in [-0.1, -0.05) is 82.3 Å². The molecule has 0 heterocycles. The first-order valence-corrected chi connectivity index (χ1v) is 24.7. The van der Waals surface area contributed by atoms with E-state index in [0.29, 0.717) is 11.1 Å². The molecule has 0 saturated carbocycles. The van der Waals surface area contributed by atoms with Gasteiger partial charge in [0.2, 0.25) is 23.6 Å². The van der Waals surface area contributed by atoms with Gasteiger partial charge < -0.3 is 62.8 Å². The number of carbonyl (C=O) groups is 12. The second-order valence-corrected chi connectivity index (χ2v) is 18.4.